The van der Waals surface area contributed by atoms with Crippen LogP contribution in [0.1, 0.15) is 49.1 Å². The third-order valence-corrected chi connectivity index (χ3v) is 5.95. The summed E-state index contributed by atoms with van der Waals surface area (Å²) in [5, 5.41) is 7.49. The molecule has 1 heterocycles. The van der Waals surface area contributed by atoms with Crippen LogP contribution in [0.5, 0.6) is 0 Å². The first kappa shape index (κ1) is 22.1. The molecule has 0 spiro atoms. The topological polar surface area (TPSA) is 58.3 Å². The molecule has 0 radical (unpaired) electrons. The van der Waals surface area contributed by atoms with Crippen molar-refractivity contribution in [2.45, 2.75) is 50.2 Å². The number of benzene rings is 1. The number of aryl methyl sites for hydroxylation is 1. The molecular weight excluding hydrogens is 393 g/mol. The predicted molar refractivity (Wildman–Crippen MR) is 110 cm³/mol. The number of alkyl halides is 3. The maximum atomic E-state index is 13.3. The van der Waals surface area contributed by atoms with Crippen molar-refractivity contribution in [3.8, 4) is 0 Å². The van der Waals surface area contributed by atoms with Crippen LogP contribution >= 0.6 is 0 Å². The fourth-order valence-corrected chi connectivity index (χ4v) is 4.20. The highest BCUT2D eigenvalue weighted by molar-refractivity contribution is 5.79. The van der Waals surface area contributed by atoms with E-state index in [1.165, 1.54) is 18.5 Å². The average Bonchev–Trinajstić information content (AvgIpc) is 3.13. The minimum Gasteiger partial charge on any atom is -0.355 e. The Morgan fingerprint density at radius 1 is 1.27 bits per heavy atom. The lowest BCUT2D eigenvalue weighted by atomic mass is 9.69. The van der Waals surface area contributed by atoms with E-state index in [0.29, 0.717) is 19.0 Å². The quantitative estimate of drug-likeness (QED) is 0.589. The van der Waals surface area contributed by atoms with Crippen molar-refractivity contribution in [3.05, 3.63) is 47.5 Å². The van der Waals surface area contributed by atoms with E-state index in [9.17, 15) is 13.2 Å². The zero-order valence-corrected chi connectivity index (χ0v) is 17.7. The Morgan fingerprint density at radius 3 is 2.60 bits per heavy atom. The van der Waals surface area contributed by atoms with Gasteiger partial charge in [-0.1, -0.05) is 37.5 Å². The molecule has 1 saturated carbocycles. The van der Waals surface area contributed by atoms with Crippen LogP contribution < -0.4 is 5.32 Å². The number of nitrogens with one attached hydrogen (secondary N) is 1. The molecule has 9 heteroatoms. The molecule has 0 atom stereocenters. The number of hydrogen-bond donors (Lipinski definition) is 1. The van der Waals surface area contributed by atoms with Crippen LogP contribution in [-0.4, -0.2) is 46.3 Å². The monoisotopic (exact) mass is 422 g/mol. The van der Waals surface area contributed by atoms with Crippen molar-refractivity contribution in [3.63, 3.8) is 0 Å². The first-order chi connectivity index (χ1) is 14.2. The van der Waals surface area contributed by atoms with Gasteiger partial charge in [0.1, 0.15) is 12.2 Å². The summed E-state index contributed by atoms with van der Waals surface area (Å²) in [7, 11) is 5.44. The minimum absolute atomic E-state index is 0.346. The Balaban J connectivity index is 1.78. The zero-order chi connectivity index (χ0) is 21.8. The summed E-state index contributed by atoms with van der Waals surface area (Å²) in [6.45, 7) is 1.05. The van der Waals surface area contributed by atoms with Gasteiger partial charge in [0.15, 0.2) is 5.96 Å². The molecule has 1 fully saturated rings. The molecule has 2 aromatic rings. The van der Waals surface area contributed by atoms with E-state index >= 15 is 0 Å². The maximum absolute atomic E-state index is 13.3. The smallest absolute Gasteiger partial charge is 0.355 e. The number of rotatable bonds is 5. The Hall–Kier alpha value is -2.58. The van der Waals surface area contributed by atoms with Crippen molar-refractivity contribution in [2.24, 2.45) is 12.0 Å². The highest BCUT2D eigenvalue weighted by atomic mass is 19.4. The van der Waals surface area contributed by atoms with Gasteiger partial charge in [-0.05, 0) is 24.5 Å². The van der Waals surface area contributed by atoms with Gasteiger partial charge in [-0.15, -0.1) is 0 Å². The molecule has 0 unspecified atom stereocenters. The van der Waals surface area contributed by atoms with Gasteiger partial charge in [0.2, 0.25) is 0 Å². The summed E-state index contributed by atoms with van der Waals surface area (Å²) in [5.41, 5.74) is -0.189. The number of nitrogens with zero attached hydrogens (tertiary/aromatic N) is 5. The minimum atomic E-state index is -4.34. The molecule has 0 saturated heterocycles. The van der Waals surface area contributed by atoms with Gasteiger partial charge >= 0.3 is 6.18 Å². The summed E-state index contributed by atoms with van der Waals surface area (Å²) < 4.78 is 41.6. The molecule has 164 valence electrons. The van der Waals surface area contributed by atoms with Gasteiger partial charge < -0.3 is 10.2 Å². The first-order valence-electron chi connectivity index (χ1n) is 10.2. The SMILES string of the molecule is CN=C(NCC1(c2cccc(C(F)(F)F)c2)CCCCC1)N(C)Cc1ncnn1C. The number of hydrogen-bond acceptors (Lipinski definition) is 3. The third-order valence-electron chi connectivity index (χ3n) is 5.95. The zero-order valence-electron chi connectivity index (χ0n) is 17.7. The van der Waals surface area contributed by atoms with Crippen LogP contribution in [0.4, 0.5) is 13.2 Å². The fourth-order valence-electron chi connectivity index (χ4n) is 4.20. The summed E-state index contributed by atoms with van der Waals surface area (Å²) in [5.74, 6) is 1.47. The molecule has 6 nitrogen and oxygen atoms in total. The van der Waals surface area contributed by atoms with E-state index in [2.05, 4.69) is 20.4 Å². The van der Waals surface area contributed by atoms with Gasteiger partial charge in [0.25, 0.3) is 0 Å². The van der Waals surface area contributed by atoms with Gasteiger partial charge in [-0.3, -0.25) is 9.67 Å². The van der Waals surface area contributed by atoms with Gasteiger partial charge in [0, 0.05) is 33.1 Å². The van der Waals surface area contributed by atoms with Crippen molar-refractivity contribution in [1.29, 1.82) is 0 Å². The lowest BCUT2D eigenvalue weighted by Crippen LogP contribution is -2.47. The van der Waals surface area contributed by atoms with E-state index < -0.39 is 11.7 Å². The molecule has 1 aromatic heterocycles. The van der Waals surface area contributed by atoms with Crippen molar-refractivity contribution in [2.75, 3.05) is 20.6 Å². The second kappa shape index (κ2) is 9.06. The second-order valence-corrected chi connectivity index (χ2v) is 7.98. The van der Waals surface area contributed by atoms with Crippen LogP contribution in [0.3, 0.4) is 0 Å². The van der Waals surface area contributed by atoms with E-state index in [4.69, 9.17) is 0 Å². The molecule has 1 aliphatic rings. The van der Waals surface area contributed by atoms with Gasteiger partial charge in [-0.25, -0.2) is 4.98 Å². The summed E-state index contributed by atoms with van der Waals surface area (Å²) in [6.07, 6.45) is 1.99. The molecule has 0 amide bonds. The molecule has 3 rings (SSSR count). The summed E-state index contributed by atoms with van der Waals surface area (Å²) >= 11 is 0. The van der Waals surface area contributed by atoms with Crippen LogP contribution in [0, 0.1) is 0 Å². The van der Waals surface area contributed by atoms with Crippen molar-refractivity contribution in [1.82, 2.24) is 25.0 Å². The maximum Gasteiger partial charge on any atom is 0.416 e. The molecular formula is C21H29F3N6. The standard InChI is InChI=1S/C21H29F3N6/c1-25-19(29(2)13-18-27-15-28-30(18)3)26-14-20(10-5-4-6-11-20)16-8-7-9-17(12-16)21(22,23)24/h7-9,12,15H,4-6,10-11,13-14H2,1-3H3,(H,25,26). The average molecular weight is 422 g/mol. The predicted octanol–water partition coefficient (Wildman–Crippen LogP) is 3.74. The van der Waals surface area contributed by atoms with E-state index in [-0.39, 0.29) is 5.41 Å². The molecule has 1 aliphatic carbocycles. The number of aromatic nitrogens is 3. The second-order valence-electron chi connectivity index (χ2n) is 7.98. The number of halogens is 3. The molecule has 0 bridgehead atoms. The number of aliphatic imine (C=N–C) groups is 1. The molecule has 1 aromatic carbocycles. The lowest BCUT2D eigenvalue weighted by Gasteiger charge is -2.39. The highest BCUT2D eigenvalue weighted by Gasteiger charge is 2.37. The summed E-state index contributed by atoms with van der Waals surface area (Å²) in [6, 6.07) is 5.80. The van der Waals surface area contributed by atoms with Crippen LogP contribution in [0.15, 0.2) is 35.6 Å². The van der Waals surface area contributed by atoms with Crippen LogP contribution in [-0.2, 0) is 25.2 Å². The van der Waals surface area contributed by atoms with E-state index in [1.54, 1.807) is 11.7 Å². The lowest BCUT2D eigenvalue weighted by molar-refractivity contribution is -0.137. The fraction of sp³-hybridized carbons (Fsp3) is 0.571. The Morgan fingerprint density at radius 2 is 2.00 bits per heavy atom. The van der Waals surface area contributed by atoms with Crippen molar-refractivity contribution >= 4 is 5.96 Å². The number of guanidine groups is 1. The molecule has 0 aliphatic heterocycles. The first-order valence-corrected chi connectivity index (χ1v) is 10.2. The Bertz CT molecular complexity index is 868. The third kappa shape index (κ3) is 4.94. The normalized spacial score (nSPS) is 17.1. The van der Waals surface area contributed by atoms with E-state index in [0.717, 1.165) is 49.6 Å². The van der Waals surface area contributed by atoms with Gasteiger partial charge in [-0.2, -0.15) is 18.3 Å². The Labute approximate surface area is 175 Å². The van der Waals surface area contributed by atoms with Crippen LogP contribution in [0.25, 0.3) is 0 Å². The van der Waals surface area contributed by atoms with E-state index in [1.807, 2.05) is 25.1 Å². The molecule has 30 heavy (non-hydrogen) atoms. The van der Waals surface area contributed by atoms with Gasteiger partial charge in [0.05, 0.1) is 12.1 Å². The molecule has 1 N–H and O–H groups in total. The van der Waals surface area contributed by atoms with Crippen molar-refractivity contribution < 1.29 is 13.2 Å². The summed E-state index contributed by atoms with van der Waals surface area (Å²) in [4.78, 5) is 10.5. The highest BCUT2D eigenvalue weighted by Crippen LogP contribution is 2.41. The Kier molecular flexibility index (Phi) is 6.67. The largest absolute Gasteiger partial charge is 0.416 e. The van der Waals surface area contributed by atoms with Crippen LogP contribution in [0.2, 0.25) is 0 Å².